The maximum absolute atomic E-state index is 12.7. The molecule has 2 aromatic carbocycles. The van der Waals surface area contributed by atoms with Gasteiger partial charge in [0.2, 0.25) is 5.95 Å². The van der Waals surface area contributed by atoms with E-state index in [4.69, 9.17) is 4.18 Å². The van der Waals surface area contributed by atoms with E-state index >= 15 is 0 Å². The predicted molar refractivity (Wildman–Crippen MR) is 113 cm³/mol. The fourth-order valence-corrected chi connectivity index (χ4v) is 3.95. The number of amides is 2. The molecule has 1 aliphatic rings. The van der Waals surface area contributed by atoms with Crippen LogP contribution >= 0.6 is 0 Å². The summed E-state index contributed by atoms with van der Waals surface area (Å²) in [6.07, 6.45) is 6.99. The smallest absolute Gasteiger partial charge is 0.339 e. The number of nitrogens with zero attached hydrogens (tertiary/aromatic N) is 3. The van der Waals surface area contributed by atoms with E-state index in [9.17, 15) is 13.2 Å². The Bertz CT molecular complexity index is 1340. The number of carbonyl (C=O) groups excluding carboxylic acids is 1. The van der Waals surface area contributed by atoms with Gasteiger partial charge in [0.15, 0.2) is 0 Å². The summed E-state index contributed by atoms with van der Waals surface area (Å²) < 4.78 is 32.4. The van der Waals surface area contributed by atoms with Gasteiger partial charge in [0.25, 0.3) is 0 Å². The second kappa shape index (κ2) is 7.43. The number of hydrogen-bond acceptors (Lipinski definition) is 6. The molecule has 158 valence electrons. The summed E-state index contributed by atoms with van der Waals surface area (Å²) in [4.78, 5) is 23.1. The van der Waals surface area contributed by atoms with Crippen LogP contribution < -0.4 is 14.8 Å². The van der Waals surface area contributed by atoms with Gasteiger partial charge < -0.3 is 19.1 Å². The molecule has 3 N–H and O–H groups in total. The first kappa shape index (κ1) is 19.1. The van der Waals surface area contributed by atoms with E-state index in [-0.39, 0.29) is 28.7 Å². The lowest BCUT2D eigenvalue weighted by Gasteiger charge is -2.08. The van der Waals surface area contributed by atoms with Crippen molar-refractivity contribution < 1.29 is 17.4 Å². The molecule has 0 bridgehead atoms. The maximum atomic E-state index is 12.7. The van der Waals surface area contributed by atoms with Gasteiger partial charge in [0, 0.05) is 30.2 Å². The standard InChI is InChI=1S/C20H18N6O4S/c27-20(22-13-1-2-13)25-19-23-17-8-5-15(11-18(17)24-19)30-31(28,29)16-6-3-14(4-7-16)26-10-9-21-12-26/h3-13H,1-2H2,(H3,22,23,24,25,27). The lowest BCUT2D eigenvalue weighted by molar-refractivity contribution is 0.251. The second-order valence-corrected chi connectivity index (χ2v) is 8.68. The monoisotopic (exact) mass is 438 g/mol. The average Bonchev–Trinajstić information content (AvgIpc) is 3.23. The van der Waals surface area contributed by atoms with Gasteiger partial charge in [0.05, 0.1) is 17.4 Å². The Morgan fingerprint density at radius 3 is 2.68 bits per heavy atom. The van der Waals surface area contributed by atoms with E-state index in [0.717, 1.165) is 18.5 Å². The van der Waals surface area contributed by atoms with Crippen LogP contribution in [-0.2, 0) is 10.1 Å². The quantitative estimate of drug-likeness (QED) is 0.397. The minimum atomic E-state index is -4.03. The van der Waals surface area contributed by atoms with Crippen LogP contribution in [0.15, 0.2) is 66.1 Å². The average molecular weight is 438 g/mol. The van der Waals surface area contributed by atoms with E-state index in [0.29, 0.717) is 11.0 Å². The Labute approximate surface area is 177 Å². The fourth-order valence-electron chi connectivity index (χ4n) is 3.03. The molecule has 31 heavy (non-hydrogen) atoms. The number of aromatic amines is 1. The van der Waals surface area contributed by atoms with E-state index in [2.05, 4.69) is 25.6 Å². The van der Waals surface area contributed by atoms with Gasteiger partial charge in [-0.05, 0) is 49.2 Å². The summed E-state index contributed by atoms with van der Waals surface area (Å²) in [5.41, 5.74) is 1.88. The molecule has 0 saturated heterocycles. The lowest BCUT2D eigenvalue weighted by Crippen LogP contribution is -2.30. The number of hydrogen-bond donors (Lipinski definition) is 3. The van der Waals surface area contributed by atoms with Gasteiger partial charge in [-0.25, -0.2) is 14.8 Å². The Morgan fingerprint density at radius 2 is 1.97 bits per heavy atom. The number of aromatic nitrogens is 4. The van der Waals surface area contributed by atoms with Crippen LogP contribution in [-0.4, -0.2) is 40.0 Å². The van der Waals surface area contributed by atoms with Gasteiger partial charge in [-0.3, -0.25) is 5.32 Å². The van der Waals surface area contributed by atoms with Gasteiger partial charge in [-0.2, -0.15) is 8.42 Å². The molecular formula is C20H18N6O4S. The third-order valence-corrected chi connectivity index (χ3v) is 5.99. The van der Waals surface area contributed by atoms with Crippen molar-refractivity contribution in [1.29, 1.82) is 0 Å². The number of H-pyrrole nitrogens is 1. The molecule has 2 aromatic heterocycles. The predicted octanol–water partition coefficient (Wildman–Crippen LogP) is 2.80. The number of anilines is 1. The molecular weight excluding hydrogens is 420 g/mol. The molecule has 0 atom stereocenters. The number of carbonyl (C=O) groups is 1. The third kappa shape index (κ3) is 4.21. The topological polar surface area (TPSA) is 131 Å². The van der Waals surface area contributed by atoms with Crippen LogP contribution in [0.2, 0.25) is 0 Å². The first-order chi connectivity index (χ1) is 15.0. The Hall–Kier alpha value is -3.86. The minimum Gasteiger partial charge on any atom is -0.379 e. The van der Waals surface area contributed by atoms with Crippen LogP contribution in [0.5, 0.6) is 5.75 Å². The summed E-state index contributed by atoms with van der Waals surface area (Å²) in [6, 6.07) is 10.8. The lowest BCUT2D eigenvalue weighted by atomic mass is 10.3. The van der Waals surface area contributed by atoms with Crippen LogP contribution in [0, 0.1) is 0 Å². The van der Waals surface area contributed by atoms with Crippen molar-refractivity contribution in [2.75, 3.05) is 5.32 Å². The zero-order valence-corrected chi connectivity index (χ0v) is 17.0. The first-order valence-electron chi connectivity index (χ1n) is 9.56. The molecule has 1 fully saturated rings. The summed E-state index contributed by atoms with van der Waals surface area (Å²) in [7, 11) is -4.03. The maximum Gasteiger partial charge on any atom is 0.339 e. The normalized spacial score (nSPS) is 13.8. The van der Waals surface area contributed by atoms with Crippen molar-refractivity contribution >= 4 is 33.1 Å². The molecule has 0 unspecified atom stereocenters. The Balaban J connectivity index is 1.32. The fraction of sp³-hybridized carbons (Fsp3) is 0.150. The summed E-state index contributed by atoms with van der Waals surface area (Å²) in [5, 5.41) is 5.43. The van der Waals surface area contributed by atoms with E-state index in [1.807, 2.05) is 0 Å². The molecule has 1 aliphatic carbocycles. The molecule has 1 saturated carbocycles. The van der Waals surface area contributed by atoms with Crippen molar-refractivity contribution in [2.24, 2.45) is 0 Å². The summed E-state index contributed by atoms with van der Waals surface area (Å²) >= 11 is 0. The minimum absolute atomic E-state index is 0.0279. The molecule has 0 radical (unpaired) electrons. The highest BCUT2D eigenvalue weighted by Crippen LogP contribution is 2.25. The summed E-state index contributed by atoms with van der Waals surface area (Å²) in [5.74, 6) is 0.395. The third-order valence-electron chi connectivity index (χ3n) is 4.73. The highest BCUT2D eigenvalue weighted by Gasteiger charge is 2.23. The Kier molecular flexibility index (Phi) is 4.59. The van der Waals surface area contributed by atoms with Gasteiger partial charge in [0.1, 0.15) is 10.6 Å². The van der Waals surface area contributed by atoms with Crippen molar-refractivity contribution in [1.82, 2.24) is 24.8 Å². The number of nitrogens with one attached hydrogen (secondary N) is 3. The van der Waals surface area contributed by atoms with Crippen LogP contribution in [0.4, 0.5) is 10.7 Å². The molecule has 0 spiro atoms. The molecule has 4 aromatic rings. The van der Waals surface area contributed by atoms with E-state index in [1.165, 1.54) is 24.3 Å². The van der Waals surface area contributed by atoms with E-state index < -0.39 is 10.1 Å². The molecule has 10 nitrogen and oxygen atoms in total. The second-order valence-electron chi connectivity index (χ2n) is 7.14. The number of benzene rings is 2. The highest BCUT2D eigenvalue weighted by molar-refractivity contribution is 7.87. The van der Waals surface area contributed by atoms with Crippen LogP contribution in [0.3, 0.4) is 0 Å². The summed E-state index contributed by atoms with van der Waals surface area (Å²) in [6.45, 7) is 0. The SMILES string of the molecule is O=C(Nc1nc2ccc(OS(=O)(=O)c3ccc(-n4ccnc4)cc3)cc2[nH]1)NC1CC1. The van der Waals surface area contributed by atoms with Gasteiger partial charge >= 0.3 is 16.1 Å². The largest absolute Gasteiger partial charge is 0.379 e. The van der Waals surface area contributed by atoms with Crippen molar-refractivity contribution in [3.05, 3.63) is 61.2 Å². The molecule has 2 amide bonds. The van der Waals surface area contributed by atoms with Crippen molar-refractivity contribution in [3.8, 4) is 11.4 Å². The number of rotatable bonds is 6. The van der Waals surface area contributed by atoms with Gasteiger partial charge in [-0.15, -0.1) is 0 Å². The first-order valence-corrected chi connectivity index (χ1v) is 11.0. The van der Waals surface area contributed by atoms with E-state index in [1.54, 1.807) is 41.5 Å². The number of imidazole rings is 2. The molecule has 11 heteroatoms. The molecule has 5 rings (SSSR count). The van der Waals surface area contributed by atoms with Gasteiger partial charge in [-0.1, -0.05) is 0 Å². The molecule has 2 heterocycles. The Morgan fingerprint density at radius 1 is 1.16 bits per heavy atom. The molecule has 0 aliphatic heterocycles. The number of fused-ring (bicyclic) bond motifs is 1. The highest BCUT2D eigenvalue weighted by atomic mass is 32.2. The van der Waals surface area contributed by atoms with Crippen LogP contribution in [0.25, 0.3) is 16.7 Å². The van der Waals surface area contributed by atoms with Crippen molar-refractivity contribution in [2.45, 2.75) is 23.8 Å². The zero-order chi connectivity index (χ0) is 21.4. The van der Waals surface area contributed by atoms with Crippen LogP contribution in [0.1, 0.15) is 12.8 Å². The zero-order valence-electron chi connectivity index (χ0n) is 16.1. The van der Waals surface area contributed by atoms with Crippen molar-refractivity contribution in [3.63, 3.8) is 0 Å². The number of urea groups is 1.